The number of benzene rings is 3. The number of anilines is 1. The van der Waals surface area contributed by atoms with E-state index in [1.165, 1.54) is 11.3 Å². The summed E-state index contributed by atoms with van der Waals surface area (Å²) < 4.78 is 16.3. The van der Waals surface area contributed by atoms with Gasteiger partial charge in [0.1, 0.15) is 17.2 Å². The van der Waals surface area contributed by atoms with E-state index in [0.717, 1.165) is 16.3 Å². The second kappa shape index (κ2) is 8.79. The fourth-order valence-electron chi connectivity index (χ4n) is 2.93. The summed E-state index contributed by atoms with van der Waals surface area (Å²) in [6.07, 6.45) is 0. The molecule has 30 heavy (non-hydrogen) atoms. The van der Waals surface area contributed by atoms with Gasteiger partial charge in [-0.2, -0.15) is 0 Å². The lowest BCUT2D eigenvalue weighted by atomic mass is 10.1. The highest BCUT2D eigenvalue weighted by Gasteiger charge is 2.15. The molecule has 7 nitrogen and oxygen atoms in total. The van der Waals surface area contributed by atoms with Crippen molar-refractivity contribution in [3.8, 4) is 27.8 Å². The van der Waals surface area contributed by atoms with Crippen LogP contribution in [0.2, 0.25) is 0 Å². The van der Waals surface area contributed by atoms with Crippen LogP contribution in [-0.2, 0) is 4.79 Å². The van der Waals surface area contributed by atoms with Gasteiger partial charge in [0.2, 0.25) is 5.13 Å². The molecule has 1 heterocycles. The van der Waals surface area contributed by atoms with Crippen molar-refractivity contribution in [3.05, 3.63) is 60.7 Å². The standard InChI is InChI=1S/C22H19N3O4S/c1-27-16-9-10-19(28-2)18(12-16)21-24-25-22(30-21)23-20(26)13-29-17-8-7-14-5-3-4-6-15(14)11-17/h3-12H,13H2,1-2H3,(H,23,25,26). The predicted molar refractivity (Wildman–Crippen MR) is 117 cm³/mol. The minimum atomic E-state index is -0.316. The van der Waals surface area contributed by atoms with Gasteiger partial charge in [0.25, 0.3) is 5.91 Å². The first-order valence-corrected chi connectivity index (χ1v) is 9.95. The Morgan fingerprint density at radius 3 is 2.53 bits per heavy atom. The van der Waals surface area contributed by atoms with Crippen LogP contribution >= 0.6 is 11.3 Å². The second-order valence-corrected chi connectivity index (χ2v) is 7.30. The van der Waals surface area contributed by atoms with E-state index in [1.54, 1.807) is 26.4 Å². The largest absolute Gasteiger partial charge is 0.497 e. The maximum absolute atomic E-state index is 12.3. The summed E-state index contributed by atoms with van der Waals surface area (Å²) >= 11 is 1.24. The van der Waals surface area contributed by atoms with Crippen LogP contribution in [0, 0.1) is 0 Å². The van der Waals surface area contributed by atoms with Crippen molar-refractivity contribution < 1.29 is 19.0 Å². The molecule has 0 aliphatic rings. The number of methoxy groups -OCH3 is 2. The Labute approximate surface area is 177 Å². The van der Waals surface area contributed by atoms with E-state index in [2.05, 4.69) is 15.5 Å². The van der Waals surface area contributed by atoms with Crippen LogP contribution in [0.4, 0.5) is 5.13 Å². The molecule has 1 aromatic heterocycles. The normalized spacial score (nSPS) is 10.6. The Balaban J connectivity index is 1.41. The summed E-state index contributed by atoms with van der Waals surface area (Å²) in [4.78, 5) is 12.3. The number of fused-ring (bicyclic) bond motifs is 1. The van der Waals surface area contributed by atoms with E-state index < -0.39 is 0 Å². The molecule has 0 saturated heterocycles. The molecule has 8 heteroatoms. The lowest BCUT2D eigenvalue weighted by Gasteiger charge is -2.07. The minimum absolute atomic E-state index is 0.129. The van der Waals surface area contributed by atoms with Gasteiger partial charge >= 0.3 is 0 Å². The minimum Gasteiger partial charge on any atom is -0.497 e. The number of hydrogen-bond donors (Lipinski definition) is 1. The van der Waals surface area contributed by atoms with E-state index >= 15 is 0 Å². The van der Waals surface area contributed by atoms with Crippen molar-refractivity contribution in [1.29, 1.82) is 0 Å². The molecule has 0 unspecified atom stereocenters. The van der Waals surface area contributed by atoms with Gasteiger partial charge in [0.05, 0.1) is 19.8 Å². The van der Waals surface area contributed by atoms with E-state index in [1.807, 2.05) is 48.5 Å². The van der Waals surface area contributed by atoms with Crippen molar-refractivity contribution in [1.82, 2.24) is 10.2 Å². The number of rotatable bonds is 7. The van der Waals surface area contributed by atoms with E-state index in [0.29, 0.717) is 27.4 Å². The molecule has 0 radical (unpaired) electrons. The zero-order valence-electron chi connectivity index (χ0n) is 16.4. The molecule has 4 aromatic rings. The molecule has 0 aliphatic carbocycles. The Morgan fingerprint density at radius 2 is 1.73 bits per heavy atom. The first-order valence-electron chi connectivity index (χ1n) is 9.13. The van der Waals surface area contributed by atoms with Crippen LogP contribution in [0.5, 0.6) is 17.2 Å². The van der Waals surface area contributed by atoms with Gasteiger partial charge in [0.15, 0.2) is 11.6 Å². The van der Waals surface area contributed by atoms with Gasteiger partial charge in [-0.25, -0.2) is 0 Å². The zero-order valence-corrected chi connectivity index (χ0v) is 17.2. The van der Waals surface area contributed by atoms with Gasteiger partial charge in [-0.1, -0.05) is 41.7 Å². The van der Waals surface area contributed by atoms with Gasteiger partial charge in [-0.15, -0.1) is 10.2 Å². The highest BCUT2D eigenvalue weighted by molar-refractivity contribution is 7.18. The molecule has 0 atom stereocenters. The SMILES string of the molecule is COc1ccc(OC)c(-c2nnc(NC(=O)COc3ccc4ccccc4c3)s2)c1. The van der Waals surface area contributed by atoms with Crippen LogP contribution in [0.3, 0.4) is 0 Å². The fraction of sp³-hybridized carbons (Fsp3) is 0.136. The Kier molecular flexibility index (Phi) is 5.76. The maximum atomic E-state index is 12.3. The summed E-state index contributed by atoms with van der Waals surface area (Å²) in [6.45, 7) is -0.129. The molecule has 0 fully saturated rings. The smallest absolute Gasteiger partial charge is 0.264 e. The molecule has 0 spiro atoms. The number of amides is 1. The summed E-state index contributed by atoms with van der Waals surface area (Å²) in [7, 11) is 3.17. The number of aromatic nitrogens is 2. The van der Waals surface area contributed by atoms with E-state index in [-0.39, 0.29) is 12.5 Å². The Hall–Kier alpha value is -3.65. The lowest BCUT2D eigenvalue weighted by molar-refractivity contribution is -0.118. The van der Waals surface area contributed by atoms with Crippen molar-refractivity contribution in [2.24, 2.45) is 0 Å². The average Bonchev–Trinajstić information content (AvgIpc) is 3.25. The number of hydrogen-bond acceptors (Lipinski definition) is 7. The fourth-order valence-corrected chi connectivity index (χ4v) is 3.71. The molecule has 152 valence electrons. The van der Waals surface area contributed by atoms with Crippen LogP contribution in [0.15, 0.2) is 60.7 Å². The van der Waals surface area contributed by atoms with Crippen molar-refractivity contribution in [3.63, 3.8) is 0 Å². The highest BCUT2D eigenvalue weighted by Crippen LogP contribution is 2.36. The molecular formula is C22H19N3O4S. The number of carbonyl (C=O) groups excluding carboxylic acids is 1. The van der Waals surface area contributed by atoms with Crippen LogP contribution < -0.4 is 19.5 Å². The third-order valence-corrected chi connectivity index (χ3v) is 5.27. The first-order chi connectivity index (χ1) is 14.7. The molecule has 1 amide bonds. The summed E-state index contributed by atoms with van der Waals surface area (Å²) in [5, 5.41) is 14.1. The molecule has 0 saturated carbocycles. The molecule has 4 rings (SSSR count). The van der Waals surface area contributed by atoms with Gasteiger partial charge in [-0.05, 0) is 41.1 Å². The van der Waals surface area contributed by atoms with Crippen LogP contribution in [0.1, 0.15) is 0 Å². The van der Waals surface area contributed by atoms with Crippen molar-refractivity contribution in [2.75, 3.05) is 26.1 Å². The Morgan fingerprint density at radius 1 is 0.933 bits per heavy atom. The number of carbonyl (C=O) groups is 1. The van der Waals surface area contributed by atoms with Gasteiger partial charge < -0.3 is 14.2 Å². The van der Waals surface area contributed by atoms with E-state index in [4.69, 9.17) is 14.2 Å². The third-order valence-electron chi connectivity index (χ3n) is 4.40. The number of nitrogens with zero attached hydrogens (tertiary/aromatic N) is 2. The molecule has 0 aliphatic heterocycles. The van der Waals surface area contributed by atoms with Gasteiger partial charge in [0, 0.05) is 0 Å². The number of ether oxygens (including phenoxy) is 3. The molecule has 1 N–H and O–H groups in total. The van der Waals surface area contributed by atoms with Crippen LogP contribution in [-0.4, -0.2) is 36.9 Å². The molecular weight excluding hydrogens is 402 g/mol. The van der Waals surface area contributed by atoms with Crippen molar-refractivity contribution in [2.45, 2.75) is 0 Å². The molecule has 3 aromatic carbocycles. The average molecular weight is 421 g/mol. The molecule has 0 bridgehead atoms. The monoisotopic (exact) mass is 421 g/mol. The van der Waals surface area contributed by atoms with E-state index in [9.17, 15) is 4.79 Å². The maximum Gasteiger partial charge on any atom is 0.264 e. The van der Waals surface area contributed by atoms with Crippen molar-refractivity contribution >= 4 is 33.1 Å². The lowest BCUT2D eigenvalue weighted by Crippen LogP contribution is -2.20. The van der Waals surface area contributed by atoms with Gasteiger partial charge in [-0.3, -0.25) is 10.1 Å². The second-order valence-electron chi connectivity index (χ2n) is 6.32. The topological polar surface area (TPSA) is 82.6 Å². The first kappa shape index (κ1) is 19.7. The Bertz CT molecular complexity index is 1190. The highest BCUT2D eigenvalue weighted by atomic mass is 32.1. The summed E-state index contributed by atoms with van der Waals surface area (Å²) in [5.41, 5.74) is 0.738. The predicted octanol–water partition coefficient (Wildman–Crippen LogP) is 4.39. The summed E-state index contributed by atoms with van der Waals surface area (Å²) in [6, 6.07) is 19.1. The third kappa shape index (κ3) is 4.33. The number of nitrogens with one attached hydrogen (secondary N) is 1. The summed E-state index contributed by atoms with van der Waals surface area (Å²) in [5.74, 6) is 1.63. The quantitative estimate of drug-likeness (QED) is 0.476. The zero-order chi connectivity index (χ0) is 20.9. The van der Waals surface area contributed by atoms with Crippen LogP contribution in [0.25, 0.3) is 21.3 Å².